The van der Waals surface area contributed by atoms with Crippen molar-refractivity contribution in [2.24, 2.45) is 0 Å². The molecule has 0 bridgehead atoms. The van der Waals surface area contributed by atoms with Gasteiger partial charge in [0.2, 0.25) is 5.91 Å². The molecule has 0 aliphatic carbocycles. The number of carbonyl (C=O) groups is 1. The van der Waals surface area contributed by atoms with Crippen LogP contribution in [0, 0.1) is 6.92 Å². The third-order valence-electron chi connectivity index (χ3n) is 4.05. The summed E-state index contributed by atoms with van der Waals surface area (Å²) in [5.74, 6) is -0.110. The molecule has 4 nitrogen and oxygen atoms in total. The lowest BCUT2D eigenvalue weighted by atomic mass is 10.0. The number of halogens is 1. The maximum atomic E-state index is 12.4. The molecule has 24 heavy (non-hydrogen) atoms. The van der Waals surface area contributed by atoms with Crippen molar-refractivity contribution in [2.45, 2.75) is 19.4 Å². The molecular formula is C19H23ClN2O2. The molecule has 2 rings (SSSR count). The summed E-state index contributed by atoms with van der Waals surface area (Å²) in [5.41, 5.74) is 2.66. The standard InChI is InChI=1S/C19H23ClN2O2/c1-14-16(20)9-6-10-17(14)21-19(24)13-22(2)18(11-12-23)15-7-4-3-5-8-15/h3-10,18,23H,11-13H2,1-2H3,(H,21,24). The van der Waals surface area contributed by atoms with Crippen LogP contribution < -0.4 is 5.32 Å². The van der Waals surface area contributed by atoms with E-state index in [9.17, 15) is 9.90 Å². The number of amides is 1. The summed E-state index contributed by atoms with van der Waals surface area (Å²) in [6.45, 7) is 2.17. The topological polar surface area (TPSA) is 52.6 Å². The summed E-state index contributed by atoms with van der Waals surface area (Å²) in [6, 6.07) is 15.3. The molecule has 0 radical (unpaired) electrons. The van der Waals surface area contributed by atoms with Crippen LogP contribution in [0.25, 0.3) is 0 Å². The molecule has 0 aromatic heterocycles. The number of likely N-dealkylation sites (N-methyl/N-ethyl adjacent to an activating group) is 1. The monoisotopic (exact) mass is 346 g/mol. The largest absolute Gasteiger partial charge is 0.396 e. The quantitative estimate of drug-likeness (QED) is 0.804. The Morgan fingerprint density at radius 2 is 1.92 bits per heavy atom. The maximum Gasteiger partial charge on any atom is 0.238 e. The first-order chi connectivity index (χ1) is 11.5. The average Bonchev–Trinajstić information content (AvgIpc) is 2.57. The van der Waals surface area contributed by atoms with E-state index < -0.39 is 0 Å². The lowest BCUT2D eigenvalue weighted by molar-refractivity contribution is -0.117. The Labute approximate surface area is 148 Å². The molecular weight excluding hydrogens is 324 g/mol. The van der Waals surface area contributed by atoms with Crippen LogP contribution in [0.1, 0.15) is 23.6 Å². The highest BCUT2D eigenvalue weighted by molar-refractivity contribution is 6.31. The Morgan fingerprint density at radius 1 is 1.21 bits per heavy atom. The first-order valence-electron chi connectivity index (χ1n) is 7.94. The summed E-state index contributed by atoms with van der Waals surface area (Å²) in [5, 5.41) is 12.9. The van der Waals surface area contributed by atoms with Crippen molar-refractivity contribution in [3.8, 4) is 0 Å². The average molecular weight is 347 g/mol. The van der Waals surface area contributed by atoms with Crippen LogP contribution in [-0.4, -0.2) is 36.1 Å². The fourth-order valence-corrected chi connectivity index (χ4v) is 2.88. The molecule has 0 aliphatic rings. The number of hydrogen-bond donors (Lipinski definition) is 2. The van der Waals surface area contributed by atoms with Crippen molar-refractivity contribution in [1.29, 1.82) is 0 Å². The highest BCUT2D eigenvalue weighted by atomic mass is 35.5. The fourth-order valence-electron chi connectivity index (χ4n) is 2.71. The van der Waals surface area contributed by atoms with Crippen LogP contribution in [0.5, 0.6) is 0 Å². The number of carbonyl (C=O) groups excluding carboxylic acids is 1. The lowest BCUT2D eigenvalue weighted by Crippen LogP contribution is -2.34. The predicted molar refractivity (Wildman–Crippen MR) is 98.3 cm³/mol. The second kappa shape index (κ2) is 8.83. The summed E-state index contributed by atoms with van der Waals surface area (Å²) in [4.78, 5) is 14.3. The summed E-state index contributed by atoms with van der Waals surface area (Å²) in [6.07, 6.45) is 0.573. The Hall–Kier alpha value is -1.88. The molecule has 0 aliphatic heterocycles. The van der Waals surface area contributed by atoms with Gasteiger partial charge >= 0.3 is 0 Å². The van der Waals surface area contributed by atoms with Gasteiger partial charge in [0.25, 0.3) is 0 Å². The van der Waals surface area contributed by atoms with E-state index in [0.717, 1.165) is 16.8 Å². The second-order valence-electron chi connectivity index (χ2n) is 5.81. The van der Waals surface area contributed by atoms with Gasteiger partial charge in [-0.15, -0.1) is 0 Å². The van der Waals surface area contributed by atoms with Crippen LogP contribution in [0.15, 0.2) is 48.5 Å². The zero-order chi connectivity index (χ0) is 17.5. The minimum absolute atomic E-state index is 0.0117. The molecule has 2 aromatic rings. The molecule has 0 spiro atoms. The van der Waals surface area contributed by atoms with E-state index in [1.165, 1.54) is 0 Å². The van der Waals surface area contributed by atoms with Crippen molar-refractivity contribution in [3.05, 3.63) is 64.7 Å². The van der Waals surface area contributed by atoms with Crippen molar-refractivity contribution in [3.63, 3.8) is 0 Å². The van der Waals surface area contributed by atoms with Crippen molar-refractivity contribution in [2.75, 3.05) is 25.5 Å². The van der Waals surface area contributed by atoms with Crippen LogP contribution in [0.3, 0.4) is 0 Å². The fraction of sp³-hybridized carbons (Fsp3) is 0.316. The summed E-state index contributed by atoms with van der Waals surface area (Å²) < 4.78 is 0. The molecule has 2 aromatic carbocycles. The van der Waals surface area contributed by atoms with Crippen LogP contribution in [0.2, 0.25) is 5.02 Å². The second-order valence-corrected chi connectivity index (χ2v) is 6.22. The van der Waals surface area contributed by atoms with Crippen LogP contribution in [-0.2, 0) is 4.79 Å². The number of nitrogens with zero attached hydrogens (tertiary/aromatic N) is 1. The van der Waals surface area contributed by atoms with E-state index in [4.69, 9.17) is 11.6 Å². The third-order valence-corrected chi connectivity index (χ3v) is 4.46. The number of anilines is 1. The number of nitrogens with one attached hydrogen (secondary N) is 1. The van der Waals surface area contributed by atoms with E-state index in [0.29, 0.717) is 11.4 Å². The minimum Gasteiger partial charge on any atom is -0.396 e. The molecule has 2 N–H and O–H groups in total. The Morgan fingerprint density at radius 3 is 2.58 bits per heavy atom. The van der Waals surface area contributed by atoms with Gasteiger partial charge in [0.1, 0.15) is 0 Å². The SMILES string of the molecule is Cc1c(Cl)cccc1NC(=O)CN(C)C(CCO)c1ccccc1. The number of aliphatic hydroxyl groups excluding tert-OH is 1. The maximum absolute atomic E-state index is 12.4. The molecule has 5 heteroatoms. The van der Waals surface area contributed by atoms with Gasteiger partial charge in [-0.05, 0) is 43.7 Å². The van der Waals surface area contributed by atoms with Gasteiger partial charge in [-0.25, -0.2) is 0 Å². The third kappa shape index (κ3) is 4.81. The first kappa shape index (κ1) is 18.5. The molecule has 0 saturated heterocycles. The Balaban J connectivity index is 2.05. The van der Waals surface area contributed by atoms with E-state index in [-0.39, 0.29) is 25.1 Å². The van der Waals surface area contributed by atoms with Crippen molar-refractivity contribution in [1.82, 2.24) is 4.90 Å². The van der Waals surface area contributed by atoms with Gasteiger partial charge in [-0.3, -0.25) is 9.69 Å². The van der Waals surface area contributed by atoms with Gasteiger partial charge in [0.05, 0.1) is 6.54 Å². The van der Waals surface area contributed by atoms with Crippen molar-refractivity contribution >= 4 is 23.2 Å². The Bertz CT molecular complexity index is 676. The van der Waals surface area contributed by atoms with Gasteiger partial charge in [-0.1, -0.05) is 48.0 Å². The van der Waals surface area contributed by atoms with Gasteiger partial charge in [0.15, 0.2) is 0 Å². The summed E-state index contributed by atoms with van der Waals surface area (Å²) >= 11 is 6.09. The zero-order valence-electron chi connectivity index (χ0n) is 14.0. The van der Waals surface area contributed by atoms with Gasteiger partial charge < -0.3 is 10.4 Å². The smallest absolute Gasteiger partial charge is 0.238 e. The Kier molecular flexibility index (Phi) is 6.79. The lowest BCUT2D eigenvalue weighted by Gasteiger charge is -2.27. The van der Waals surface area contributed by atoms with E-state index in [1.54, 1.807) is 6.07 Å². The van der Waals surface area contributed by atoms with E-state index in [1.807, 2.05) is 61.3 Å². The minimum atomic E-state index is -0.110. The number of hydrogen-bond acceptors (Lipinski definition) is 3. The molecule has 1 atom stereocenters. The molecule has 128 valence electrons. The molecule has 1 unspecified atom stereocenters. The van der Waals surface area contributed by atoms with Crippen LogP contribution in [0.4, 0.5) is 5.69 Å². The van der Waals surface area contributed by atoms with Crippen LogP contribution >= 0.6 is 11.6 Å². The highest BCUT2D eigenvalue weighted by Crippen LogP contribution is 2.24. The first-order valence-corrected chi connectivity index (χ1v) is 8.31. The van der Waals surface area contributed by atoms with Crippen molar-refractivity contribution < 1.29 is 9.90 Å². The molecule has 0 fully saturated rings. The number of rotatable bonds is 7. The number of benzene rings is 2. The molecule has 0 heterocycles. The zero-order valence-corrected chi connectivity index (χ0v) is 14.8. The van der Waals surface area contributed by atoms with Gasteiger partial charge in [0, 0.05) is 23.4 Å². The molecule has 0 saturated carbocycles. The molecule has 1 amide bonds. The van der Waals surface area contributed by atoms with E-state index in [2.05, 4.69) is 5.32 Å². The predicted octanol–water partition coefficient (Wildman–Crippen LogP) is 3.64. The summed E-state index contributed by atoms with van der Waals surface area (Å²) in [7, 11) is 1.89. The highest BCUT2D eigenvalue weighted by Gasteiger charge is 2.19. The normalized spacial score (nSPS) is 12.2. The number of aliphatic hydroxyl groups is 1. The van der Waals surface area contributed by atoms with Gasteiger partial charge in [-0.2, -0.15) is 0 Å². The van der Waals surface area contributed by atoms with E-state index >= 15 is 0 Å².